The lowest BCUT2D eigenvalue weighted by Gasteiger charge is -2.12. The van der Waals surface area contributed by atoms with Crippen molar-refractivity contribution in [2.45, 2.75) is 13.8 Å². The summed E-state index contributed by atoms with van der Waals surface area (Å²) >= 11 is 5.95. The number of ether oxygens (including phenoxy) is 2. The van der Waals surface area contributed by atoms with Crippen LogP contribution >= 0.6 is 11.6 Å². The van der Waals surface area contributed by atoms with E-state index in [-0.39, 0.29) is 0 Å². The zero-order valence-corrected chi connectivity index (χ0v) is 17.1. The van der Waals surface area contributed by atoms with E-state index in [2.05, 4.69) is 5.32 Å². The second-order valence-corrected chi connectivity index (χ2v) is 6.91. The molecular weight excluding hydrogens is 392 g/mol. The molecule has 1 amide bonds. The summed E-state index contributed by atoms with van der Waals surface area (Å²) in [5, 5.41) is 3.08. The monoisotopic (exact) mass is 412 g/mol. The average molecular weight is 413 g/mol. The topological polar surface area (TPSA) is 69.6 Å². The molecule has 1 aromatic heterocycles. The van der Waals surface area contributed by atoms with Crippen LogP contribution in [0.2, 0.25) is 5.02 Å². The third-order valence-electron chi connectivity index (χ3n) is 4.38. The van der Waals surface area contributed by atoms with E-state index in [0.29, 0.717) is 22.0 Å². The number of rotatable bonds is 6. The zero-order chi connectivity index (χ0) is 21.0. The van der Waals surface area contributed by atoms with Crippen LogP contribution in [0, 0.1) is 13.8 Å². The lowest BCUT2D eigenvalue weighted by molar-refractivity contribution is -0.119. The van der Waals surface area contributed by atoms with Crippen molar-refractivity contribution in [2.75, 3.05) is 19.0 Å². The van der Waals surface area contributed by atoms with Gasteiger partial charge >= 0.3 is 5.97 Å². The van der Waals surface area contributed by atoms with E-state index in [4.69, 9.17) is 21.1 Å². The molecule has 6 nitrogen and oxygen atoms in total. The van der Waals surface area contributed by atoms with Crippen molar-refractivity contribution in [1.82, 2.24) is 4.57 Å². The number of aryl methyl sites for hydroxylation is 2. The van der Waals surface area contributed by atoms with Gasteiger partial charge in [0.15, 0.2) is 6.61 Å². The number of carbonyl (C=O) groups excluding carboxylic acids is 2. The standard InChI is InChI=1S/C22H21ClN2O4/c1-14-7-8-15(2)25(14)18-6-4-5-16(11-18)22(27)29-13-21(26)24-19-12-17(23)9-10-20(19)28-3/h4-12H,13H2,1-3H3,(H,24,26). The quantitative estimate of drug-likeness (QED) is 0.603. The maximum atomic E-state index is 12.4. The number of esters is 1. The van der Waals surface area contributed by atoms with Crippen molar-refractivity contribution < 1.29 is 19.1 Å². The predicted octanol–water partition coefficient (Wildman–Crippen LogP) is 4.55. The van der Waals surface area contributed by atoms with Crippen LogP contribution in [0.4, 0.5) is 5.69 Å². The molecule has 1 N–H and O–H groups in total. The van der Waals surface area contributed by atoms with Gasteiger partial charge in [0.2, 0.25) is 0 Å². The maximum absolute atomic E-state index is 12.4. The van der Waals surface area contributed by atoms with Crippen molar-refractivity contribution in [1.29, 1.82) is 0 Å². The Morgan fingerprint density at radius 2 is 1.76 bits per heavy atom. The van der Waals surface area contributed by atoms with Crippen LogP contribution < -0.4 is 10.1 Å². The Labute approximate surface area is 174 Å². The molecular formula is C22H21ClN2O4. The highest BCUT2D eigenvalue weighted by Crippen LogP contribution is 2.27. The molecule has 3 rings (SSSR count). The van der Waals surface area contributed by atoms with Gasteiger partial charge in [-0.15, -0.1) is 0 Å². The van der Waals surface area contributed by atoms with Crippen molar-refractivity contribution in [2.24, 2.45) is 0 Å². The normalized spacial score (nSPS) is 10.5. The Kier molecular flexibility index (Phi) is 6.24. The van der Waals surface area contributed by atoms with E-state index < -0.39 is 18.5 Å². The summed E-state index contributed by atoms with van der Waals surface area (Å²) in [6.07, 6.45) is 0. The fourth-order valence-electron chi connectivity index (χ4n) is 3.03. The number of hydrogen-bond donors (Lipinski definition) is 1. The van der Waals surface area contributed by atoms with E-state index >= 15 is 0 Å². The highest BCUT2D eigenvalue weighted by atomic mass is 35.5. The fraction of sp³-hybridized carbons (Fsp3) is 0.182. The second-order valence-electron chi connectivity index (χ2n) is 6.47. The average Bonchev–Trinajstić information content (AvgIpc) is 3.04. The second kappa shape index (κ2) is 8.84. The molecule has 0 fully saturated rings. The SMILES string of the molecule is COc1ccc(Cl)cc1NC(=O)COC(=O)c1cccc(-n2c(C)ccc2C)c1. The molecule has 0 radical (unpaired) electrons. The van der Waals surface area contributed by atoms with Gasteiger partial charge in [-0.2, -0.15) is 0 Å². The van der Waals surface area contributed by atoms with Crippen LogP contribution in [0.5, 0.6) is 5.75 Å². The molecule has 0 aliphatic heterocycles. The van der Waals surface area contributed by atoms with Gasteiger partial charge in [0.05, 0.1) is 18.4 Å². The highest BCUT2D eigenvalue weighted by Gasteiger charge is 2.14. The van der Waals surface area contributed by atoms with Gasteiger partial charge in [-0.25, -0.2) is 4.79 Å². The van der Waals surface area contributed by atoms with Crippen LogP contribution in [0.1, 0.15) is 21.7 Å². The predicted molar refractivity (Wildman–Crippen MR) is 112 cm³/mol. The van der Waals surface area contributed by atoms with E-state index in [9.17, 15) is 9.59 Å². The van der Waals surface area contributed by atoms with Crippen molar-refractivity contribution >= 4 is 29.2 Å². The van der Waals surface area contributed by atoms with Gasteiger partial charge in [-0.1, -0.05) is 17.7 Å². The first-order chi connectivity index (χ1) is 13.9. The molecule has 0 unspecified atom stereocenters. The molecule has 7 heteroatoms. The van der Waals surface area contributed by atoms with Gasteiger partial charge < -0.3 is 19.4 Å². The summed E-state index contributed by atoms with van der Waals surface area (Å²) in [4.78, 5) is 24.6. The molecule has 0 atom stereocenters. The first kappa shape index (κ1) is 20.5. The highest BCUT2D eigenvalue weighted by molar-refractivity contribution is 6.31. The maximum Gasteiger partial charge on any atom is 0.338 e. The van der Waals surface area contributed by atoms with Gasteiger partial charge in [0.25, 0.3) is 5.91 Å². The fourth-order valence-corrected chi connectivity index (χ4v) is 3.20. The van der Waals surface area contributed by atoms with Crippen molar-refractivity contribution in [3.8, 4) is 11.4 Å². The van der Waals surface area contributed by atoms with E-state index in [1.807, 2.05) is 36.6 Å². The Bertz CT molecular complexity index is 1040. The largest absolute Gasteiger partial charge is 0.495 e. The molecule has 0 aliphatic carbocycles. The molecule has 1 heterocycles. The van der Waals surface area contributed by atoms with E-state index in [1.165, 1.54) is 7.11 Å². The number of hydrogen-bond acceptors (Lipinski definition) is 4. The number of benzene rings is 2. The number of nitrogens with zero attached hydrogens (tertiary/aromatic N) is 1. The van der Waals surface area contributed by atoms with E-state index in [0.717, 1.165) is 17.1 Å². The molecule has 2 aromatic carbocycles. The zero-order valence-electron chi connectivity index (χ0n) is 16.4. The number of nitrogens with one attached hydrogen (secondary N) is 1. The lowest BCUT2D eigenvalue weighted by Crippen LogP contribution is -2.21. The Morgan fingerprint density at radius 1 is 1.03 bits per heavy atom. The number of amides is 1. The van der Waals surface area contributed by atoms with Gasteiger partial charge in [0.1, 0.15) is 5.75 Å². The van der Waals surface area contributed by atoms with E-state index in [1.54, 1.807) is 36.4 Å². The Morgan fingerprint density at radius 3 is 2.45 bits per heavy atom. The minimum absolute atomic E-state index is 0.364. The minimum atomic E-state index is -0.581. The molecule has 0 bridgehead atoms. The molecule has 3 aromatic rings. The van der Waals surface area contributed by atoms with Crippen LogP contribution in [-0.2, 0) is 9.53 Å². The first-order valence-electron chi connectivity index (χ1n) is 8.95. The number of aromatic nitrogens is 1. The van der Waals surface area contributed by atoms with Crippen LogP contribution in [-0.4, -0.2) is 30.2 Å². The number of halogens is 1. The Hall–Kier alpha value is -3.25. The van der Waals surface area contributed by atoms with Crippen LogP contribution in [0.15, 0.2) is 54.6 Å². The van der Waals surface area contributed by atoms with Crippen molar-refractivity contribution in [3.63, 3.8) is 0 Å². The van der Waals surface area contributed by atoms with Gasteiger partial charge in [-0.3, -0.25) is 4.79 Å². The van der Waals surface area contributed by atoms with Crippen molar-refractivity contribution in [3.05, 3.63) is 76.6 Å². The molecule has 29 heavy (non-hydrogen) atoms. The summed E-state index contributed by atoms with van der Waals surface area (Å²) in [5.41, 5.74) is 3.74. The third kappa shape index (κ3) is 4.78. The number of anilines is 1. The summed E-state index contributed by atoms with van der Waals surface area (Å²) in [5.74, 6) is -0.617. The summed E-state index contributed by atoms with van der Waals surface area (Å²) in [6.45, 7) is 3.55. The third-order valence-corrected chi connectivity index (χ3v) is 4.62. The summed E-state index contributed by atoms with van der Waals surface area (Å²) < 4.78 is 12.4. The molecule has 0 spiro atoms. The molecule has 0 saturated carbocycles. The van der Waals surface area contributed by atoms with Crippen LogP contribution in [0.3, 0.4) is 0 Å². The smallest absolute Gasteiger partial charge is 0.338 e. The number of carbonyl (C=O) groups is 2. The summed E-state index contributed by atoms with van der Waals surface area (Å²) in [6, 6.07) is 15.9. The number of methoxy groups -OCH3 is 1. The molecule has 0 saturated heterocycles. The Balaban J connectivity index is 1.66. The van der Waals surface area contributed by atoms with Gasteiger partial charge in [0, 0.05) is 22.1 Å². The first-order valence-corrected chi connectivity index (χ1v) is 9.32. The molecule has 0 aliphatic rings. The molecule has 150 valence electrons. The minimum Gasteiger partial charge on any atom is -0.495 e. The summed E-state index contributed by atoms with van der Waals surface area (Å²) in [7, 11) is 1.49. The van der Waals surface area contributed by atoms with Gasteiger partial charge in [-0.05, 0) is 62.4 Å². The van der Waals surface area contributed by atoms with Crippen LogP contribution in [0.25, 0.3) is 5.69 Å². The lowest BCUT2D eigenvalue weighted by atomic mass is 10.2.